The van der Waals surface area contributed by atoms with Crippen LogP contribution in [0, 0.1) is 5.82 Å². The summed E-state index contributed by atoms with van der Waals surface area (Å²) >= 11 is 0. The van der Waals surface area contributed by atoms with Crippen molar-refractivity contribution in [2.24, 2.45) is 0 Å². The van der Waals surface area contributed by atoms with Crippen LogP contribution >= 0.6 is 0 Å². The highest BCUT2D eigenvalue weighted by Gasteiger charge is 2.20. The van der Waals surface area contributed by atoms with E-state index in [0.717, 1.165) is 11.1 Å². The third-order valence-electron chi connectivity index (χ3n) is 5.42. The average molecular weight is 431 g/mol. The molecule has 4 aromatic rings. The lowest BCUT2D eigenvalue weighted by Crippen LogP contribution is -2.48. The molecule has 1 N–H and O–H groups in total. The molecule has 2 aromatic carbocycles. The predicted molar refractivity (Wildman–Crippen MR) is 118 cm³/mol. The van der Waals surface area contributed by atoms with Gasteiger partial charge in [0.2, 0.25) is 0 Å². The van der Waals surface area contributed by atoms with Crippen molar-refractivity contribution in [2.45, 2.75) is 6.54 Å². The number of carbonyl (C=O) groups excluding carboxylic acids is 1. The van der Waals surface area contributed by atoms with E-state index in [1.807, 2.05) is 41.4 Å². The normalized spacial score (nSPS) is 14.5. The molecule has 1 fully saturated rings. The Labute approximate surface area is 184 Å². The van der Waals surface area contributed by atoms with Crippen LogP contribution in [0.15, 0.2) is 66.9 Å². The number of hydrogen-bond acceptors (Lipinski definition) is 5. The van der Waals surface area contributed by atoms with Gasteiger partial charge in [-0.2, -0.15) is 5.10 Å². The van der Waals surface area contributed by atoms with Gasteiger partial charge in [-0.05, 0) is 23.8 Å². The van der Waals surface area contributed by atoms with E-state index >= 15 is 0 Å². The number of hydrogen-bond donors (Lipinski definition) is 1. The molecule has 0 atom stereocenters. The van der Waals surface area contributed by atoms with E-state index < -0.39 is 0 Å². The first-order valence-electron chi connectivity index (χ1n) is 10.5. The molecule has 0 radical (unpaired) electrons. The Balaban J connectivity index is 1.57. The van der Waals surface area contributed by atoms with E-state index in [1.54, 1.807) is 23.0 Å². The number of halogens is 1. The van der Waals surface area contributed by atoms with Crippen LogP contribution in [0.1, 0.15) is 15.9 Å². The lowest BCUT2D eigenvalue weighted by atomic mass is 10.1. The van der Waals surface area contributed by atoms with Gasteiger partial charge in [-0.25, -0.2) is 19.1 Å². The number of nitrogens with zero attached hydrogens (tertiary/aromatic N) is 4. The van der Waals surface area contributed by atoms with Crippen molar-refractivity contribution in [3.63, 3.8) is 0 Å². The number of pyridine rings is 1. The molecule has 0 unspecified atom stereocenters. The molecular weight excluding hydrogens is 409 g/mol. The van der Waals surface area contributed by atoms with E-state index in [2.05, 4.69) is 10.5 Å². The number of carbonyl (C=O) groups is 1. The number of benzene rings is 2. The van der Waals surface area contributed by atoms with Crippen LogP contribution in [0.2, 0.25) is 0 Å². The average Bonchev–Trinajstić information content (AvgIpc) is 3.22. The first-order valence-corrected chi connectivity index (χ1v) is 10.5. The summed E-state index contributed by atoms with van der Waals surface area (Å²) in [5, 5.41) is 6.97. The van der Waals surface area contributed by atoms with Crippen LogP contribution in [0.25, 0.3) is 22.3 Å². The SMILES string of the molecule is O=C(NN1CCOCC1)c1cc(-c2ccccc2)nc2c1cnn2Cc1cccc(F)c1. The van der Waals surface area contributed by atoms with Gasteiger partial charge >= 0.3 is 0 Å². The molecule has 8 heteroatoms. The molecule has 1 amide bonds. The van der Waals surface area contributed by atoms with Gasteiger partial charge in [-0.1, -0.05) is 42.5 Å². The van der Waals surface area contributed by atoms with Gasteiger partial charge in [-0.15, -0.1) is 0 Å². The third-order valence-corrected chi connectivity index (χ3v) is 5.42. The maximum Gasteiger partial charge on any atom is 0.266 e. The molecular formula is C24H22FN5O2. The van der Waals surface area contributed by atoms with Crippen LogP contribution in [0.4, 0.5) is 4.39 Å². The smallest absolute Gasteiger partial charge is 0.266 e. The molecule has 1 aliphatic rings. The molecule has 1 aliphatic heterocycles. The van der Waals surface area contributed by atoms with Crippen LogP contribution < -0.4 is 5.43 Å². The summed E-state index contributed by atoms with van der Waals surface area (Å²) in [7, 11) is 0. The van der Waals surface area contributed by atoms with E-state index in [-0.39, 0.29) is 11.7 Å². The van der Waals surface area contributed by atoms with Gasteiger partial charge in [-0.3, -0.25) is 10.2 Å². The van der Waals surface area contributed by atoms with Gasteiger partial charge in [0.05, 0.1) is 42.6 Å². The molecule has 0 bridgehead atoms. The molecule has 32 heavy (non-hydrogen) atoms. The highest BCUT2D eigenvalue weighted by atomic mass is 19.1. The predicted octanol–water partition coefficient (Wildman–Crippen LogP) is 3.26. The number of ether oxygens (including phenoxy) is 1. The summed E-state index contributed by atoms with van der Waals surface area (Å²) in [5.41, 5.74) is 6.37. The molecule has 5 rings (SSSR count). The minimum atomic E-state index is -0.303. The zero-order chi connectivity index (χ0) is 21.9. The zero-order valence-electron chi connectivity index (χ0n) is 17.4. The maximum atomic E-state index is 13.7. The molecule has 162 valence electrons. The number of hydrazine groups is 1. The van der Waals surface area contributed by atoms with Crippen molar-refractivity contribution in [3.8, 4) is 11.3 Å². The Morgan fingerprint density at radius 3 is 2.66 bits per heavy atom. The minimum Gasteiger partial charge on any atom is -0.379 e. The fourth-order valence-electron chi connectivity index (χ4n) is 3.80. The molecule has 2 aromatic heterocycles. The molecule has 0 spiro atoms. The first kappa shape index (κ1) is 20.3. The van der Waals surface area contributed by atoms with Crippen molar-refractivity contribution in [1.82, 2.24) is 25.2 Å². The van der Waals surface area contributed by atoms with E-state index in [0.29, 0.717) is 55.1 Å². The quantitative estimate of drug-likeness (QED) is 0.525. The van der Waals surface area contributed by atoms with E-state index in [1.165, 1.54) is 12.1 Å². The number of rotatable bonds is 5. The zero-order valence-corrected chi connectivity index (χ0v) is 17.4. The number of amides is 1. The minimum absolute atomic E-state index is 0.221. The Bertz CT molecular complexity index is 1250. The molecule has 0 saturated carbocycles. The standard InChI is InChI=1S/C24H22FN5O2/c25-19-8-4-5-17(13-19)16-30-23-21(15-26-30)20(24(31)28-29-9-11-32-12-10-29)14-22(27-23)18-6-2-1-3-7-18/h1-8,13-15H,9-12,16H2,(H,28,31). The van der Waals surface area contributed by atoms with E-state index in [9.17, 15) is 9.18 Å². The van der Waals surface area contributed by atoms with Crippen LogP contribution in [0.5, 0.6) is 0 Å². The topological polar surface area (TPSA) is 72.3 Å². The van der Waals surface area contributed by atoms with Crippen molar-refractivity contribution in [3.05, 3.63) is 83.8 Å². The molecule has 7 nitrogen and oxygen atoms in total. The van der Waals surface area contributed by atoms with Gasteiger partial charge in [0.15, 0.2) is 5.65 Å². The summed E-state index contributed by atoms with van der Waals surface area (Å²) in [6.07, 6.45) is 1.64. The molecule has 0 aliphatic carbocycles. The monoisotopic (exact) mass is 431 g/mol. The van der Waals surface area contributed by atoms with Crippen LogP contribution in [-0.4, -0.2) is 52.0 Å². The van der Waals surface area contributed by atoms with Crippen molar-refractivity contribution >= 4 is 16.9 Å². The van der Waals surface area contributed by atoms with Crippen molar-refractivity contribution in [2.75, 3.05) is 26.3 Å². The lowest BCUT2D eigenvalue weighted by Gasteiger charge is -2.27. The second-order valence-corrected chi connectivity index (χ2v) is 7.63. The second kappa shape index (κ2) is 8.86. The Hall–Kier alpha value is -3.62. The summed E-state index contributed by atoms with van der Waals surface area (Å²) in [5.74, 6) is -0.524. The van der Waals surface area contributed by atoms with Crippen molar-refractivity contribution < 1.29 is 13.9 Å². The maximum absolute atomic E-state index is 13.7. The molecule has 3 heterocycles. The summed E-state index contributed by atoms with van der Waals surface area (Å²) in [4.78, 5) is 18.0. The fourth-order valence-corrected chi connectivity index (χ4v) is 3.80. The van der Waals surface area contributed by atoms with Gasteiger partial charge in [0.25, 0.3) is 5.91 Å². The Morgan fingerprint density at radius 1 is 1.06 bits per heavy atom. The van der Waals surface area contributed by atoms with Gasteiger partial charge in [0, 0.05) is 18.7 Å². The third kappa shape index (κ3) is 4.23. The van der Waals surface area contributed by atoms with Gasteiger partial charge in [0.1, 0.15) is 5.82 Å². The van der Waals surface area contributed by atoms with Crippen molar-refractivity contribution in [1.29, 1.82) is 0 Å². The molecule has 1 saturated heterocycles. The largest absolute Gasteiger partial charge is 0.379 e. The highest BCUT2D eigenvalue weighted by Crippen LogP contribution is 2.25. The van der Waals surface area contributed by atoms with Gasteiger partial charge < -0.3 is 4.74 Å². The summed E-state index contributed by atoms with van der Waals surface area (Å²) in [6.45, 7) is 2.76. The number of morpholine rings is 1. The van der Waals surface area contributed by atoms with E-state index in [4.69, 9.17) is 9.72 Å². The fraction of sp³-hybridized carbons (Fsp3) is 0.208. The first-order chi connectivity index (χ1) is 15.7. The summed E-state index contributed by atoms with van der Waals surface area (Å²) in [6, 6.07) is 17.9. The number of fused-ring (bicyclic) bond motifs is 1. The second-order valence-electron chi connectivity index (χ2n) is 7.63. The Kier molecular flexibility index (Phi) is 5.62. The number of nitrogens with one attached hydrogen (secondary N) is 1. The number of aromatic nitrogens is 3. The Morgan fingerprint density at radius 2 is 1.88 bits per heavy atom. The summed E-state index contributed by atoms with van der Waals surface area (Å²) < 4.78 is 20.7. The van der Waals surface area contributed by atoms with Crippen LogP contribution in [-0.2, 0) is 11.3 Å². The lowest BCUT2D eigenvalue weighted by molar-refractivity contribution is 0.0127. The van der Waals surface area contributed by atoms with Crippen LogP contribution in [0.3, 0.4) is 0 Å². The highest BCUT2D eigenvalue weighted by molar-refractivity contribution is 6.06.